The lowest BCUT2D eigenvalue weighted by molar-refractivity contribution is -0.117. The maximum absolute atomic E-state index is 11.8. The van der Waals surface area contributed by atoms with Crippen molar-refractivity contribution in [1.82, 2.24) is 0 Å². The number of rotatable bonds is 6. The van der Waals surface area contributed by atoms with Crippen LogP contribution >= 0.6 is 0 Å². The summed E-state index contributed by atoms with van der Waals surface area (Å²) < 4.78 is 10.5. The van der Waals surface area contributed by atoms with Crippen molar-refractivity contribution >= 4 is 17.3 Å². The molecule has 2 rings (SSSR count). The molecule has 0 atom stereocenters. The maximum Gasteiger partial charge on any atom is 0.226 e. The average Bonchev–Trinajstić information content (AvgIpc) is 2.93. The van der Waals surface area contributed by atoms with E-state index in [1.807, 2.05) is 25.1 Å². The van der Waals surface area contributed by atoms with Crippen molar-refractivity contribution in [3.63, 3.8) is 0 Å². The van der Waals surface area contributed by atoms with Gasteiger partial charge in [0.05, 0.1) is 19.3 Å². The van der Waals surface area contributed by atoms with Gasteiger partial charge in [0.2, 0.25) is 5.91 Å². The molecule has 0 saturated heterocycles. The number of ether oxygens (including phenoxy) is 1. The first kappa shape index (κ1) is 14.1. The smallest absolute Gasteiger partial charge is 0.226 e. The molecule has 1 heterocycles. The lowest BCUT2D eigenvalue weighted by atomic mass is 10.1. The Labute approximate surface area is 117 Å². The Morgan fingerprint density at radius 1 is 1.35 bits per heavy atom. The number of amides is 1. The molecular weight excluding hydrogens is 256 g/mol. The van der Waals surface area contributed by atoms with E-state index in [-0.39, 0.29) is 12.3 Å². The Kier molecular flexibility index (Phi) is 4.79. The van der Waals surface area contributed by atoms with Crippen LogP contribution in [0, 0.1) is 6.92 Å². The summed E-state index contributed by atoms with van der Waals surface area (Å²) in [6.07, 6.45) is 1.88. The minimum atomic E-state index is -0.0989. The highest BCUT2D eigenvalue weighted by Crippen LogP contribution is 2.20. The number of carbonyl (C=O) groups is 1. The molecule has 0 unspecified atom stereocenters. The van der Waals surface area contributed by atoms with Crippen LogP contribution in [0.4, 0.5) is 11.4 Å². The summed E-state index contributed by atoms with van der Waals surface area (Å²) in [5, 5.41) is 2.82. The molecule has 5 heteroatoms. The van der Waals surface area contributed by atoms with Gasteiger partial charge in [-0.15, -0.1) is 0 Å². The second-order valence-corrected chi connectivity index (χ2v) is 4.45. The largest absolute Gasteiger partial charge is 0.467 e. The summed E-state index contributed by atoms with van der Waals surface area (Å²) in [6.45, 7) is 2.59. The van der Waals surface area contributed by atoms with Crippen molar-refractivity contribution in [2.24, 2.45) is 0 Å². The highest BCUT2D eigenvalue weighted by atomic mass is 16.5. The molecule has 0 saturated carbocycles. The van der Waals surface area contributed by atoms with E-state index >= 15 is 0 Å². The van der Waals surface area contributed by atoms with Crippen molar-refractivity contribution in [3.8, 4) is 0 Å². The summed E-state index contributed by atoms with van der Waals surface area (Å²) in [5.74, 6) is 0.648. The molecule has 0 aliphatic heterocycles. The van der Waals surface area contributed by atoms with Crippen LogP contribution in [-0.4, -0.2) is 12.5 Å². The molecule has 20 heavy (non-hydrogen) atoms. The second-order valence-electron chi connectivity index (χ2n) is 4.45. The summed E-state index contributed by atoms with van der Waals surface area (Å²) in [5.41, 5.74) is 8.06. The van der Waals surface area contributed by atoms with E-state index in [1.165, 1.54) is 0 Å². The van der Waals surface area contributed by atoms with Gasteiger partial charge in [-0.2, -0.15) is 0 Å². The predicted molar refractivity (Wildman–Crippen MR) is 77.2 cm³/mol. The maximum atomic E-state index is 11.8. The van der Waals surface area contributed by atoms with Gasteiger partial charge in [-0.1, -0.05) is 6.07 Å². The third kappa shape index (κ3) is 3.86. The Morgan fingerprint density at radius 2 is 2.20 bits per heavy atom. The van der Waals surface area contributed by atoms with E-state index in [2.05, 4.69) is 5.32 Å². The highest BCUT2D eigenvalue weighted by Gasteiger charge is 2.06. The molecule has 0 fully saturated rings. The first-order valence-electron chi connectivity index (χ1n) is 6.42. The Bertz CT molecular complexity index is 565. The van der Waals surface area contributed by atoms with E-state index < -0.39 is 0 Å². The van der Waals surface area contributed by atoms with Gasteiger partial charge in [-0.3, -0.25) is 4.79 Å². The normalized spacial score (nSPS) is 10.4. The number of hydrogen-bond donors (Lipinski definition) is 2. The van der Waals surface area contributed by atoms with Gasteiger partial charge < -0.3 is 20.2 Å². The monoisotopic (exact) mass is 274 g/mol. The standard InChI is InChI=1S/C15H18N2O3/c1-11-13(16)5-2-6-14(11)17-15(18)7-9-19-10-12-4-3-8-20-12/h2-6,8H,7,9-10,16H2,1H3,(H,17,18). The van der Waals surface area contributed by atoms with Crippen molar-refractivity contribution < 1.29 is 13.9 Å². The van der Waals surface area contributed by atoms with Crippen molar-refractivity contribution in [2.45, 2.75) is 20.0 Å². The zero-order valence-corrected chi connectivity index (χ0v) is 11.4. The van der Waals surface area contributed by atoms with Gasteiger partial charge in [0.1, 0.15) is 12.4 Å². The van der Waals surface area contributed by atoms with Crippen LogP contribution in [0.25, 0.3) is 0 Å². The summed E-state index contributed by atoms with van der Waals surface area (Å²) in [7, 11) is 0. The molecule has 0 radical (unpaired) electrons. The second kappa shape index (κ2) is 6.77. The van der Waals surface area contributed by atoms with Gasteiger partial charge in [-0.05, 0) is 36.8 Å². The molecule has 106 valence electrons. The summed E-state index contributed by atoms with van der Waals surface area (Å²) >= 11 is 0. The Morgan fingerprint density at radius 3 is 2.95 bits per heavy atom. The molecular formula is C15H18N2O3. The highest BCUT2D eigenvalue weighted by molar-refractivity contribution is 5.92. The number of furan rings is 1. The van der Waals surface area contributed by atoms with Crippen molar-refractivity contribution in [3.05, 3.63) is 47.9 Å². The number of nitrogens with one attached hydrogen (secondary N) is 1. The predicted octanol–water partition coefficient (Wildman–Crippen LogP) is 2.72. The van der Waals surface area contributed by atoms with Crippen LogP contribution in [0.15, 0.2) is 41.0 Å². The molecule has 0 aliphatic rings. The summed E-state index contributed by atoms with van der Waals surface area (Å²) in [4.78, 5) is 11.8. The van der Waals surface area contributed by atoms with Gasteiger partial charge in [-0.25, -0.2) is 0 Å². The third-order valence-corrected chi connectivity index (χ3v) is 2.95. The van der Waals surface area contributed by atoms with Crippen LogP contribution in [0.1, 0.15) is 17.7 Å². The Balaban J connectivity index is 1.74. The minimum Gasteiger partial charge on any atom is -0.467 e. The topological polar surface area (TPSA) is 77.5 Å². The first-order valence-corrected chi connectivity index (χ1v) is 6.42. The van der Waals surface area contributed by atoms with E-state index in [4.69, 9.17) is 14.9 Å². The van der Waals surface area contributed by atoms with E-state index in [0.717, 1.165) is 17.0 Å². The van der Waals surface area contributed by atoms with Crippen LogP contribution in [0.2, 0.25) is 0 Å². The average molecular weight is 274 g/mol. The fourth-order valence-electron chi connectivity index (χ4n) is 1.73. The van der Waals surface area contributed by atoms with Gasteiger partial charge in [0.25, 0.3) is 0 Å². The molecule has 1 aromatic heterocycles. The number of hydrogen-bond acceptors (Lipinski definition) is 4. The molecule has 0 bridgehead atoms. The van der Waals surface area contributed by atoms with Crippen molar-refractivity contribution in [2.75, 3.05) is 17.7 Å². The van der Waals surface area contributed by atoms with Crippen molar-refractivity contribution in [1.29, 1.82) is 0 Å². The molecule has 5 nitrogen and oxygen atoms in total. The van der Waals surface area contributed by atoms with Crippen LogP contribution in [0.3, 0.4) is 0 Å². The lowest BCUT2D eigenvalue weighted by Crippen LogP contribution is -2.15. The quantitative estimate of drug-likeness (QED) is 0.627. The lowest BCUT2D eigenvalue weighted by Gasteiger charge is -2.10. The Hall–Kier alpha value is -2.27. The van der Waals surface area contributed by atoms with Gasteiger partial charge >= 0.3 is 0 Å². The molecule has 1 aromatic carbocycles. The molecule has 3 N–H and O–H groups in total. The molecule has 0 spiro atoms. The molecule has 1 amide bonds. The number of carbonyl (C=O) groups excluding carboxylic acids is 1. The minimum absolute atomic E-state index is 0.0989. The van der Waals surface area contributed by atoms with E-state index in [9.17, 15) is 4.79 Å². The zero-order chi connectivity index (χ0) is 14.4. The molecule has 2 aromatic rings. The summed E-state index contributed by atoms with van der Waals surface area (Å²) in [6, 6.07) is 9.07. The fourth-order valence-corrected chi connectivity index (χ4v) is 1.73. The number of benzene rings is 1. The number of anilines is 2. The third-order valence-electron chi connectivity index (χ3n) is 2.95. The van der Waals surface area contributed by atoms with Gasteiger partial charge in [0.15, 0.2) is 0 Å². The SMILES string of the molecule is Cc1c(N)cccc1NC(=O)CCOCc1ccco1. The van der Waals surface area contributed by atoms with Crippen LogP contribution in [0.5, 0.6) is 0 Å². The van der Waals surface area contributed by atoms with Gasteiger partial charge in [0, 0.05) is 11.4 Å². The van der Waals surface area contributed by atoms with E-state index in [1.54, 1.807) is 18.4 Å². The van der Waals surface area contributed by atoms with Crippen LogP contribution in [-0.2, 0) is 16.1 Å². The molecule has 0 aliphatic carbocycles. The van der Waals surface area contributed by atoms with Crippen LogP contribution < -0.4 is 11.1 Å². The fraction of sp³-hybridized carbons (Fsp3) is 0.267. The number of nitrogen functional groups attached to an aromatic ring is 1. The zero-order valence-electron chi connectivity index (χ0n) is 11.4. The first-order chi connectivity index (χ1) is 9.66. The van der Waals surface area contributed by atoms with E-state index in [0.29, 0.717) is 18.9 Å². The number of nitrogens with two attached hydrogens (primary N) is 1.